The van der Waals surface area contributed by atoms with Crippen LogP contribution in [0.4, 0.5) is 0 Å². The van der Waals surface area contributed by atoms with Crippen molar-refractivity contribution >= 4 is 11.8 Å². The smallest absolute Gasteiger partial charge is 0.0416 e. The van der Waals surface area contributed by atoms with E-state index in [1.165, 1.54) is 27.8 Å². The number of hydrogen-bond donors (Lipinski definition) is 1. The lowest BCUT2D eigenvalue weighted by Crippen LogP contribution is -2.19. The first-order chi connectivity index (χ1) is 9.69. The fraction of sp³-hybridized carbons (Fsp3) is 0.158. The lowest BCUT2D eigenvalue weighted by Gasteiger charge is -2.19. The van der Waals surface area contributed by atoms with Crippen molar-refractivity contribution in [2.45, 2.75) is 13.8 Å². The molecule has 1 aromatic rings. The van der Waals surface area contributed by atoms with Gasteiger partial charge < -0.3 is 5.32 Å². The highest BCUT2D eigenvalue weighted by Crippen LogP contribution is 2.22. The highest BCUT2D eigenvalue weighted by atomic mass is 14.9. The summed E-state index contributed by atoms with van der Waals surface area (Å²) in [5, 5.41) is 3.48. The molecular formula is C19H21N. The summed E-state index contributed by atoms with van der Waals surface area (Å²) >= 11 is 0. The van der Waals surface area contributed by atoms with Gasteiger partial charge in [0.05, 0.1) is 0 Å². The highest BCUT2D eigenvalue weighted by Gasteiger charge is 2.09. The Morgan fingerprint density at radius 3 is 2.60 bits per heavy atom. The summed E-state index contributed by atoms with van der Waals surface area (Å²) in [4.78, 5) is 0. The summed E-state index contributed by atoms with van der Waals surface area (Å²) in [7, 11) is 0. The molecule has 0 radical (unpaired) electrons. The first-order valence-electron chi connectivity index (χ1n) is 6.87. The van der Waals surface area contributed by atoms with Crippen LogP contribution in [0.2, 0.25) is 0 Å². The minimum absolute atomic E-state index is 0.828. The van der Waals surface area contributed by atoms with Crippen LogP contribution in [0.5, 0.6) is 0 Å². The van der Waals surface area contributed by atoms with Gasteiger partial charge in [0.2, 0.25) is 0 Å². The van der Waals surface area contributed by atoms with E-state index in [4.69, 9.17) is 0 Å². The number of allylic oxidation sites excluding steroid dienone is 4. The number of nitrogens with one attached hydrogen (secondary N) is 1. The Balaban J connectivity index is 2.32. The Hall–Kier alpha value is -2.28. The Bertz CT molecular complexity index is 627. The summed E-state index contributed by atoms with van der Waals surface area (Å²) in [6, 6.07) is 6.45. The van der Waals surface area contributed by atoms with Crippen molar-refractivity contribution in [3.05, 3.63) is 83.5 Å². The topological polar surface area (TPSA) is 12.0 Å². The molecule has 1 N–H and O–H groups in total. The molecule has 102 valence electrons. The van der Waals surface area contributed by atoms with Gasteiger partial charge in [-0.3, -0.25) is 0 Å². The third kappa shape index (κ3) is 2.83. The largest absolute Gasteiger partial charge is 0.380 e. The van der Waals surface area contributed by atoms with Crippen LogP contribution in [0.1, 0.15) is 23.6 Å². The van der Waals surface area contributed by atoms with Crippen LogP contribution in [0.3, 0.4) is 0 Å². The molecule has 1 heterocycles. The van der Waals surface area contributed by atoms with Crippen LogP contribution in [0.15, 0.2) is 66.8 Å². The quantitative estimate of drug-likeness (QED) is 0.780. The van der Waals surface area contributed by atoms with Crippen molar-refractivity contribution in [1.82, 2.24) is 5.32 Å². The molecule has 0 bridgehead atoms. The predicted octanol–water partition coefficient (Wildman–Crippen LogP) is 4.64. The van der Waals surface area contributed by atoms with Crippen molar-refractivity contribution in [3.8, 4) is 0 Å². The van der Waals surface area contributed by atoms with Gasteiger partial charge in [0.1, 0.15) is 0 Å². The van der Waals surface area contributed by atoms with Gasteiger partial charge in [0.15, 0.2) is 0 Å². The van der Waals surface area contributed by atoms with Crippen molar-refractivity contribution in [2.24, 2.45) is 0 Å². The van der Waals surface area contributed by atoms with Crippen molar-refractivity contribution in [2.75, 3.05) is 6.54 Å². The molecule has 0 spiro atoms. The second-order valence-electron chi connectivity index (χ2n) is 4.85. The van der Waals surface area contributed by atoms with Gasteiger partial charge in [0, 0.05) is 12.2 Å². The number of dihydropyridines is 1. The summed E-state index contributed by atoms with van der Waals surface area (Å²) < 4.78 is 0. The number of benzene rings is 1. The molecule has 1 aliphatic heterocycles. The Kier molecular flexibility index (Phi) is 4.41. The Morgan fingerprint density at radius 1 is 1.25 bits per heavy atom. The van der Waals surface area contributed by atoms with Crippen LogP contribution in [0, 0.1) is 6.92 Å². The van der Waals surface area contributed by atoms with E-state index in [1.807, 2.05) is 19.1 Å². The molecule has 1 aromatic carbocycles. The minimum atomic E-state index is 0.828. The van der Waals surface area contributed by atoms with Crippen molar-refractivity contribution < 1.29 is 0 Å². The molecular weight excluding hydrogens is 242 g/mol. The summed E-state index contributed by atoms with van der Waals surface area (Å²) in [5.41, 5.74) is 7.23. The average Bonchev–Trinajstić information content (AvgIpc) is 2.50. The molecule has 2 rings (SSSR count). The standard InChI is InChI=1S/C19H21N/c1-5-15(6-2)18-10-11-19(20-13-18)17-9-8-14(4)16(7-3)12-17/h5-12,20H,1,3,13H2,2,4H3/b15-6+. The normalized spacial score (nSPS) is 15.0. The second kappa shape index (κ2) is 6.25. The molecule has 1 heteroatoms. The fourth-order valence-electron chi connectivity index (χ4n) is 2.35. The number of aryl methyl sites for hydroxylation is 1. The van der Waals surface area contributed by atoms with Crippen LogP contribution >= 0.6 is 0 Å². The monoisotopic (exact) mass is 263 g/mol. The SMILES string of the molecule is C=C/C(=C\C)C1=CC=C(c2ccc(C)c(C=C)c2)NC1. The Morgan fingerprint density at radius 2 is 2.05 bits per heavy atom. The fourth-order valence-corrected chi connectivity index (χ4v) is 2.35. The average molecular weight is 263 g/mol. The van der Waals surface area contributed by atoms with Crippen LogP contribution in [-0.2, 0) is 0 Å². The van der Waals surface area contributed by atoms with E-state index in [0.29, 0.717) is 0 Å². The van der Waals surface area contributed by atoms with E-state index in [9.17, 15) is 0 Å². The molecule has 0 aliphatic carbocycles. The van der Waals surface area contributed by atoms with Gasteiger partial charge in [-0.1, -0.05) is 49.6 Å². The first kappa shape index (κ1) is 14.1. The summed E-state index contributed by atoms with van der Waals surface area (Å²) in [6.45, 7) is 12.7. The van der Waals surface area contributed by atoms with Crippen molar-refractivity contribution in [1.29, 1.82) is 0 Å². The Labute approximate surface area is 121 Å². The zero-order chi connectivity index (χ0) is 14.5. The minimum Gasteiger partial charge on any atom is -0.380 e. The summed E-state index contributed by atoms with van der Waals surface area (Å²) in [5.74, 6) is 0. The lowest BCUT2D eigenvalue weighted by atomic mass is 9.98. The molecule has 20 heavy (non-hydrogen) atoms. The third-order valence-electron chi connectivity index (χ3n) is 3.63. The molecule has 1 nitrogen and oxygen atoms in total. The second-order valence-corrected chi connectivity index (χ2v) is 4.85. The highest BCUT2D eigenvalue weighted by molar-refractivity contribution is 5.71. The van der Waals surface area contributed by atoms with E-state index >= 15 is 0 Å². The molecule has 0 amide bonds. The molecule has 0 atom stereocenters. The first-order valence-corrected chi connectivity index (χ1v) is 6.87. The predicted molar refractivity (Wildman–Crippen MR) is 89.3 cm³/mol. The molecule has 0 saturated carbocycles. The number of hydrogen-bond acceptors (Lipinski definition) is 1. The van der Waals surface area contributed by atoms with Crippen LogP contribution < -0.4 is 5.32 Å². The van der Waals surface area contributed by atoms with Gasteiger partial charge >= 0.3 is 0 Å². The zero-order valence-corrected chi connectivity index (χ0v) is 12.2. The van der Waals surface area contributed by atoms with Gasteiger partial charge in [0.25, 0.3) is 0 Å². The van der Waals surface area contributed by atoms with E-state index in [2.05, 4.69) is 61.8 Å². The van der Waals surface area contributed by atoms with Gasteiger partial charge in [-0.15, -0.1) is 0 Å². The van der Waals surface area contributed by atoms with Gasteiger partial charge in [-0.25, -0.2) is 0 Å². The molecule has 0 saturated heterocycles. The van der Waals surface area contributed by atoms with Crippen LogP contribution in [-0.4, -0.2) is 6.54 Å². The van der Waals surface area contributed by atoms with E-state index in [0.717, 1.165) is 12.2 Å². The van der Waals surface area contributed by atoms with E-state index in [1.54, 1.807) is 0 Å². The van der Waals surface area contributed by atoms with E-state index in [-0.39, 0.29) is 0 Å². The maximum atomic E-state index is 3.87. The molecule has 1 aliphatic rings. The van der Waals surface area contributed by atoms with Crippen molar-refractivity contribution in [3.63, 3.8) is 0 Å². The van der Waals surface area contributed by atoms with Crippen LogP contribution in [0.25, 0.3) is 11.8 Å². The lowest BCUT2D eigenvalue weighted by molar-refractivity contribution is 0.953. The molecule has 0 aromatic heterocycles. The van der Waals surface area contributed by atoms with Gasteiger partial charge in [-0.05, 0) is 53.8 Å². The zero-order valence-electron chi connectivity index (χ0n) is 12.2. The third-order valence-corrected chi connectivity index (χ3v) is 3.63. The number of rotatable bonds is 4. The van der Waals surface area contributed by atoms with Gasteiger partial charge in [-0.2, -0.15) is 0 Å². The summed E-state index contributed by atoms with van der Waals surface area (Å²) in [6.07, 6.45) is 10.2. The molecule has 0 fully saturated rings. The van der Waals surface area contributed by atoms with E-state index < -0.39 is 0 Å². The molecule has 0 unspecified atom stereocenters. The maximum Gasteiger partial charge on any atom is 0.0416 e. The maximum absolute atomic E-state index is 3.87.